The van der Waals surface area contributed by atoms with Gasteiger partial charge in [0, 0.05) is 29.3 Å². The summed E-state index contributed by atoms with van der Waals surface area (Å²) in [5.41, 5.74) is 3.74. The highest BCUT2D eigenvalue weighted by Crippen LogP contribution is 2.55. The van der Waals surface area contributed by atoms with E-state index in [9.17, 15) is 9.90 Å². The van der Waals surface area contributed by atoms with Gasteiger partial charge in [-0.3, -0.25) is 0 Å². The van der Waals surface area contributed by atoms with Crippen LogP contribution < -0.4 is 10.6 Å². The average molecular weight is 574 g/mol. The molecular formula is C35H47N3O4. The number of hydrogen-bond acceptors (Lipinski definition) is 5. The molecule has 0 radical (unpaired) electrons. The third-order valence-corrected chi connectivity index (χ3v) is 10.9. The average Bonchev–Trinajstić information content (AvgIpc) is 2.98. The van der Waals surface area contributed by atoms with Gasteiger partial charge < -0.3 is 30.1 Å². The molecule has 7 nitrogen and oxygen atoms in total. The summed E-state index contributed by atoms with van der Waals surface area (Å²) in [6.45, 7) is 5.41. The van der Waals surface area contributed by atoms with Crippen LogP contribution in [0.25, 0.3) is 0 Å². The summed E-state index contributed by atoms with van der Waals surface area (Å²) >= 11 is 0. The molecule has 4 saturated carbocycles. The predicted octanol–water partition coefficient (Wildman–Crippen LogP) is 6.55. The van der Waals surface area contributed by atoms with Crippen LogP contribution in [0.1, 0.15) is 93.8 Å². The summed E-state index contributed by atoms with van der Waals surface area (Å²) in [7, 11) is 0. The van der Waals surface area contributed by atoms with Gasteiger partial charge in [-0.15, -0.1) is 0 Å². The number of hydrogen-bond donors (Lipinski definition) is 3. The second-order valence-electron chi connectivity index (χ2n) is 14.1. The second kappa shape index (κ2) is 11.9. The molecular weight excluding hydrogens is 526 g/mol. The second-order valence-corrected chi connectivity index (χ2v) is 14.1. The predicted molar refractivity (Wildman–Crippen MR) is 163 cm³/mol. The van der Waals surface area contributed by atoms with Crippen molar-refractivity contribution in [3.63, 3.8) is 0 Å². The standard InChI is InChI=1S/C35H47N3O4/c1-23-31(21-38-13-3-2-4-14-38)41-33(42-32(23)28-7-5-24(22-39)6-8-28)29-9-11-30(12-10-29)36-34(40)37-35-18-25-15-26(19-35)17-27(16-25)20-35/h5-12,23,25-27,31-33,39H,2-4,13-22H2,1H3,(H2,36,37,40)/t23-,25?,26?,27?,31+,32+,33+,35?/m0/s1. The number of carbonyl (C=O) groups excluding carboxylic acids is 1. The van der Waals surface area contributed by atoms with Gasteiger partial charge in [0.2, 0.25) is 0 Å². The Labute approximate surface area is 250 Å². The first-order chi connectivity index (χ1) is 20.4. The van der Waals surface area contributed by atoms with Crippen LogP contribution in [0, 0.1) is 23.7 Å². The number of aliphatic hydroxyl groups excluding tert-OH is 1. The summed E-state index contributed by atoms with van der Waals surface area (Å²) in [5.74, 6) is 2.56. The molecule has 2 aromatic carbocycles. The Morgan fingerprint density at radius 2 is 1.50 bits per heavy atom. The van der Waals surface area contributed by atoms with Gasteiger partial charge in [-0.25, -0.2) is 4.79 Å². The van der Waals surface area contributed by atoms with Crippen molar-refractivity contribution in [2.24, 2.45) is 23.7 Å². The minimum absolute atomic E-state index is 0.00694. The number of nitrogens with one attached hydrogen (secondary N) is 2. The smallest absolute Gasteiger partial charge is 0.319 e. The molecule has 226 valence electrons. The normalized spacial score (nSPS) is 36.1. The largest absolute Gasteiger partial charge is 0.392 e. The number of nitrogens with zero attached hydrogens (tertiary/aromatic N) is 1. The molecule has 2 amide bonds. The Hall–Kier alpha value is -2.45. The monoisotopic (exact) mass is 573 g/mol. The first-order valence-electron chi connectivity index (χ1n) is 16.4. The molecule has 0 spiro atoms. The van der Waals surface area contributed by atoms with E-state index in [0.717, 1.165) is 79.0 Å². The van der Waals surface area contributed by atoms with E-state index < -0.39 is 6.29 Å². The molecule has 6 fully saturated rings. The van der Waals surface area contributed by atoms with Crippen molar-refractivity contribution in [2.45, 2.75) is 95.4 Å². The van der Waals surface area contributed by atoms with Crippen molar-refractivity contribution in [3.05, 3.63) is 65.2 Å². The zero-order valence-electron chi connectivity index (χ0n) is 25.0. The van der Waals surface area contributed by atoms with Crippen LogP contribution in [0.2, 0.25) is 0 Å². The van der Waals surface area contributed by atoms with Gasteiger partial charge in [0.05, 0.1) is 18.8 Å². The van der Waals surface area contributed by atoms with Gasteiger partial charge in [-0.05, 0) is 105 Å². The number of amides is 2. The Bertz CT molecular complexity index is 1190. The number of piperidine rings is 1. The summed E-state index contributed by atoms with van der Waals surface area (Å²) < 4.78 is 13.3. The number of rotatable bonds is 7. The van der Waals surface area contributed by atoms with Crippen LogP contribution in [-0.2, 0) is 16.1 Å². The van der Waals surface area contributed by atoms with E-state index >= 15 is 0 Å². The van der Waals surface area contributed by atoms with Gasteiger partial charge in [0.15, 0.2) is 6.29 Å². The van der Waals surface area contributed by atoms with E-state index in [2.05, 4.69) is 34.6 Å². The van der Waals surface area contributed by atoms with Crippen LogP contribution >= 0.6 is 0 Å². The fourth-order valence-electron chi connectivity index (χ4n) is 9.12. The van der Waals surface area contributed by atoms with Gasteiger partial charge in [0.1, 0.15) is 0 Å². The molecule has 2 saturated heterocycles. The van der Waals surface area contributed by atoms with E-state index in [-0.39, 0.29) is 36.3 Å². The van der Waals surface area contributed by atoms with Crippen molar-refractivity contribution in [3.8, 4) is 0 Å². The number of benzene rings is 2. The van der Waals surface area contributed by atoms with Crippen molar-refractivity contribution in [1.29, 1.82) is 0 Å². The maximum absolute atomic E-state index is 13.1. The van der Waals surface area contributed by atoms with E-state index in [1.165, 1.54) is 38.5 Å². The lowest BCUT2D eigenvalue weighted by Crippen LogP contribution is -2.60. The Balaban J connectivity index is 1.04. The van der Waals surface area contributed by atoms with Crippen LogP contribution in [-0.4, -0.2) is 47.3 Å². The van der Waals surface area contributed by atoms with Crippen molar-refractivity contribution in [1.82, 2.24) is 10.2 Å². The SMILES string of the molecule is C[C@H]1[C@@H](CN2CCCCC2)O[C@@H](c2ccc(NC(=O)NC34CC5CC(CC(C5)C3)C4)cc2)O[C@H]1c1ccc(CO)cc1. The maximum atomic E-state index is 13.1. The Kier molecular flexibility index (Phi) is 8.03. The van der Waals surface area contributed by atoms with E-state index in [1.54, 1.807) is 0 Å². The molecule has 2 aromatic rings. The van der Waals surface area contributed by atoms with Crippen LogP contribution in [0.4, 0.5) is 10.5 Å². The van der Waals surface area contributed by atoms with Gasteiger partial charge in [-0.2, -0.15) is 0 Å². The highest BCUT2D eigenvalue weighted by atomic mass is 16.7. The molecule has 4 bridgehead atoms. The highest BCUT2D eigenvalue weighted by molar-refractivity contribution is 5.89. The molecule has 8 rings (SSSR count). The summed E-state index contributed by atoms with van der Waals surface area (Å²) in [6.07, 6.45) is 10.7. The third-order valence-electron chi connectivity index (χ3n) is 10.9. The van der Waals surface area contributed by atoms with E-state index in [4.69, 9.17) is 9.47 Å². The molecule has 0 unspecified atom stereocenters. The number of carbonyl (C=O) groups is 1. The molecule has 4 atom stereocenters. The van der Waals surface area contributed by atoms with Crippen LogP contribution in [0.15, 0.2) is 48.5 Å². The van der Waals surface area contributed by atoms with Gasteiger partial charge in [0.25, 0.3) is 0 Å². The molecule has 2 aliphatic heterocycles. The lowest BCUT2D eigenvalue weighted by molar-refractivity contribution is -0.276. The molecule has 2 heterocycles. The number of anilines is 1. The zero-order valence-corrected chi connectivity index (χ0v) is 25.0. The lowest BCUT2D eigenvalue weighted by Gasteiger charge is -2.56. The van der Waals surface area contributed by atoms with Crippen molar-refractivity contribution < 1.29 is 19.4 Å². The van der Waals surface area contributed by atoms with Crippen LogP contribution in [0.5, 0.6) is 0 Å². The number of aliphatic hydroxyl groups is 1. The third kappa shape index (κ3) is 5.99. The quantitative estimate of drug-likeness (QED) is 0.350. The van der Waals surface area contributed by atoms with Crippen molar-refractivity contribution in [2.75, 3.05) is 25.0 Å². The molecule has 3 N–H and O–H groups in total. The molecule has 42 heavy (non-hydrogen) atoms. The summed E-state index contributed by atoms with van der Waals surface area (Å²) in [5, 5.41) is 16.0. The van der Waals surface area contributed by atoms with Gasteiger partial charge in [-0.1, -0.05) is 49.7 Å². The number of ether oxygens (including phenoxy) is 2. The number of urea groups is 1. The minimum atomic E-state index is -0.492. The van der Waals surface area contributed by atoms with E-state index in [0.29, 0.717) is 0 Å². The summed E-state index contributed by atoms with van der Waals surface area (Å²) in [6, 6.07) is 16.0. The maximum Gasteiger partial charge on any atom is 0.319 e. The molecule has 0 aromatic heterocycles. The zero-order chi connectivity index (χ0) is 28.7. The first-order valence-corrected chi connectivity index (χ1v) is 16.4. The summed E-state index contributed by atoms with van der Waals surface area (Å²) in [4.78, 5) is 15.6. The fourth-order valence-corrected chi connectivity index (χ4v) is 9.12. The molecule has 7 heteroatoms. The van der Waals surface area contributed by atoms with Gasteiger partial charge >= 0.3 is 6.03 Å². The fraction of sp³-hybridized carbons (Fsp3) is 0.629. The van der Waals surface area contributed by atoms with Crippen molar-refractivity contribution >= 4 is 11.7 Å². The number of likely N-dealkylation sites (tertiary alicyclic amines) is 1. The first kappa shape index (κ1) is 28.3. The molecule has 6 aliphatic rings. The Morgan fingerprint density at radius 3 is 2.12 bits per heavy atom. The van der Waals surface area contributed by atoms with Crippen LogP contribution in [0.3, 0.4) is 0 Å². The lowest BCUT2D eigenvalue weighted by atomic mass is 9.53. The minimum Gasteiger partial charge on any atom is -0.392 e. The van der Waals surface area contributed by atoms with E-state index in [1.807, 2.05) is 36.4 Å². The molecule has 4 aliphatic carbocycles. The topological polar surface area (TPSA) is 83.1 Å². The highest BCUT2D eigenvalue weighted by Gasteiger charge is 2.51. The Morgan fingerprint density at radius 1 is 0.881 bits per heavy atom.